The number of hydrogen-bond donors (Lipinski definition) is 2. The molecule has 1 fully saturated rings. The second kappa shape index (κ2) is 4.14. The molecule has 1 aliphatic heterocycles. The number of thiocarbonyl (C=S) groups is 1. The van der Waals surface area contributed by atoms with E-state index in [4.69, 9.17) is 12.2 Å². The summed E-state index contributed by atoms with van der Waals surface area (Å²) in [6, 6.07) is 1.20. The minimum absolute atomic E-state index is 0.250. The molecule has 2 N–H and O–H groups in total. The molecule has 64 valence electrons. The van der Waals surface area contributed by atoms with Gasteiger partial charge in [-0.3, -0.25) is 10.6 Å². The van der Waals surface area contributed by atoms with Gasteiger partial charge >= 0.3 is 0 Å². The Morgan fingerprint density at radius 1 is 1.18 bits per heavy atom. The Morgan fingerprint density at radius 3 is 1.91 bits per heavy atom. The molecule has 1 saturated heterocycles. The number of hydrogen-bond acceptors (Lipinski definition) is 3. The van der Waals surface area contributed by atoms with Crippen molar-refractivity contribution >= 4 is 17.6 Å². The van der Waals surface area contributed by atoms with Gasteiger partial charge in [0.2, 0.25) is 0 Å². The zero-order valence-electron chi connectivity index (χ0n) is 7.13. The van der Waals surface area contributed by atoms with Gasteiger partial charge in [-0.1, -0.05) is 26.1 Å². The highest BCUT2D eigenvalue weighted by atomic mass is 32.1. The highest BCUT2D eigenvalue weighted by Gasteiger charge is 2.28. The molecule has 0 saturated carbocycles. The monoisotopic (exact) mass is 172 g/mol. The maximum Gasteiger partial charge on any atom is 0.0874 e. The van der Waals surface area contributed by atoms with Crippen molar-refractivity contribution in [2.45, 2.75) is 44.9 Å². The Kier molecular flexibility index (Phi) is 3.43. The van der Waals surface area contributed by atoms with Crippen LogP contribution in [-0.2, 0) is 0 Å². The minimum Gasteiger partial charge on any atom is -0.294 e. The van der Waals surface area contributed by atoms with Gasteiger partial charge in [0.15, 0.2) is 0 Å². The summed E-state index contributed by atoms with van der Waals surface area (Å²) < 4.78 is 0. The average molecular weight is 172 g/mol. The molecule has 2 nitrogen and oxygen atoms in total. The van der Waals surface area contributed by atoms with Crippen LogP contribution in [0.5, 0.6) is 0 Å². The molecule has 0 aromatic rings. The van der Waals surface area contributed by atoms with Crippen molar-refractivity contribution in [3.63, 3.8) is 0 Å². The smallest absolute Gasteiger partial charge is 0.0874 e. The molecule has 1 rings (SSSR count). The Morgan fingerprint density at radius 2 is 1.64 bits per heavy atom. The Hall–Kier alpha value is 0.01000. The van der Waals surface area contributed by atoms with Gasteiger partial charge in [-0.2, -0.15) is 0 Å². The summed E-state index contributed by atoms with van der Waals surface area (Å²) in [6.07, 6.45) is 2.59. The summed E-state index contributed by atoms with van der Waals surface area (Å²) in [4.78, 5) is 0. The molecule has 2 unspecified atom stereocenters. The molecular weight excluding hydrogens is 156 g/mol. The molecule has 1 aliphatic rings. The van der Waals surface area contributed by atoms with Crippen LogP contribution in [0.4, 0.5) is 0 Å². The summed E-state index contributed by atoms with van der Waals surface area (Å²) >= 11 is 4.86. The Balaban J connectivity index is 2.47. The van der Waals surface area contributed by atoms with Gasteiger partial charge in [0.25, 0.3) is 0 Å². The summed E-state index contributed by atoms with van der Waals surface area (Å²) in [5.41, 5.74) is 0. The molecular formula is C8H16N2S. The van der Waals surface area contributed by atoms with Crippen molar-refractivity contribution in [2.75, 3.05) is 0 Å². The third-order valence-corrected chi connectivity index (χ3v) is 2.56. The normalized spacial score (nSPS) is 37.5. The lowest BCUT2D eigenvalue weighted by Crippen LogP contribution is -2.33. The maximum atomic E-state index is 4.86. The second-order valence-electron chi connectivity index (χ2n) is 2.98. The predicted molar refractivity (Wildman–Crippen MR) is 51.9 cm³/mol. The molecule has 11 heavy (non-hydrogen) atoms. The zero-order chi connectivity index (χ0) is 8.27. The predicted octanol–water partition coefficient (Wildman–Crippen LogP) is 1.06. The first-order chi connectivity index (χ1) is 5.31. The third-order valence-electron chi connectivity index (χ3n) is 2.29. The van der Waals surface area contributed by atoms with Crippen LogP contribution in [0.2, 0.25) is 0 Å². The van der Waals surface area contributed by atoms with Crippen LogP contribution in [0.15, 0.2) is 0 Å². The van der Waals surface area contributed by atoms with Crippen molar-refractivity contribution in [2.24, 2.45) is 0 Å². The van der Waals surface area contributed by atoms with Gasteiger partial charge in [0, 0.05) is 17.5 Å². The van der Waals surface area contributed by atoms with Crippen LogP contribution < -0.4 is 10.6 Å². The first kappa shape index (κ1) is 9.10. The standard InChI is InChI=1S/C8H16N2S/c1-3-6-7(4-2)10-8(5-11)9-6/h5-10H,3-4H2,1-2H3. The highest BCUT2D eigenvalue weighted by molar-refractivity contribution is 7.79. The number of nitrogens with one attached hydrogen (secondary N) is 2. The summed E-state index contributed by atoms with van der Waals surface area (Å²) in [6.45, 7) is 4.40. The van der Waals surface area contributed by atoms with Crippen LogP contribution in [-0.4, -0.2) is 23.6 Å². The molecule has 1 heterocycles. The van der Waals surface area contributed by atoms with Crippen molar-refractivity contribution in [1.29, 1.82) is 0 Å². The quantitative estimate of drug-likeness (QED) is 0.623. The van der Waals surface area contributed by atoms with Crippen LogP contribution in [0.25, 0.3) is 0 Å². The van der Waals surface area contributed by atoms with Crippen molar-refractivity contribution in [1.82, 2.24) is 10.6 Å². The van der Waals surface area contributed by atoms with E-state index < -0.39 is 0 Å². The van der Waals surface area contributed by atoms with Crippen molar-refractivity contribution in [3.8, 4) is 0 Å². The molecule has 0 amide bonds. The van der Waals surface area contributed by atoms with Crippen molar-refractivity contribution in [3.05, 3.63) is 0 Å². The molecule has 0 bridgehead atoms. The summed E-state index contributed by atoms with van der Waals surface area (Å²) in [5.74, 6) is 0. The van der Waals surface area contributed by atoms with Crippen LogP contribution >= 0.6 is 12.2 Å². The van der Waals surface area contributed by atoms with Gasteiger partial charge in [0.1, 0.15) is 0 Å². The van der Waals surface area contributed by atoms with E-state index in [1.807, 2.05) is 0 Å². The first-order valence-corrected chi connectivity index (χ1v) is 4.76. The van der Waals surface area contributed by atoms with Crippen LogP contribution in [0.3, 0.4) is 0 Å². The van der Waals surface area contributed by atoms with Gasteiger partial charge in [-0.25, -0.2) is 0 Å². The molecule has 0 aromatic heterocycles. The molecule has 0 radical (unpaired) electrons. The lowest BCUT2D eigenvalue weighted by atomic mass is 10.1. The van der Waals surface area contributed by atoms with E-state index in [1.165, 1.54) is 12.8 Å². The SMILES string of the molecule is CCC1NC(C=S)NC1CC. The summed E-state index contributed by atoms with van der Waals surface area (Å²) in [7, 11) is 0. The van der Waals surface area contributed by atoms with E-state index in [9.17, 15) is 0 Å². The maximum absolute atomic E-state index is 4.86. The molecule has 2 atom stereocenters. The summed E-state index contributed by atoms with van der Waals surface area (Å²) in [5, 5.41) is 8.60. The lowest BCUT2D eigenvalue weighted by Gasteiger charge is -2.14. The number of rotatable bonds is 3. The van der Waals surface area contributed by atoms with Crippen molar-refractivity contribution < 1.29 is 0 Å². The van der Waals surface area contributed by atoms with E-state index >= 15 is 0 Å². The van der Waals surface area contributed by atoms with E-state index in [2.05, 4.69) is 24.5 Å². The lowest BCUT2D eigenvalue weighted by molar-refractivity contribution is 0.484. The van der Waals surface area contributed by atoms with Gasteiger partial charge < -0.3 is 0 Å². The Labute approximate surface area is 73.7 Å². The molecule has 0 aromatic carbocycles. The molecule has 0 spiro atoms. The largest absolute Gasteiger partial charge is 0.294 e. The fourth-order valence-electron chi connectivity index (χ4n) is 1.62. The fraction of sp³-hybridized carbons (Fsp3) is 0.875. The Bertz CT molecular complexity index is 126. The second-order valence-corrected chi connectivity index (χ2v) is 3.25. The zero-order valence-corrected chi connectivity index (χ0v) is 7.95. The highest BCUT2D eigenvalue weighted by Crippen LogP contribution is 2.09. The van der Waals surface area contributed by atoms with Gasteiger partial charge in [0.05, 0.1) is 6.17 Å². The van der Waals surface area contributed by atoms with Gasteiger partial charge in [-0.15, -0.1) is 0 Å². The molecule has 0 aliphatic carbocycles. The van der Waals surface area contributed by atoms with E-state index in [0.29, 0.717) is 12.1 Å². The fourth-order valence-corrected chi connectivity index (χ4v) is 1.78. The first-order valence-electron chi connectivity index (χ1n) is 4.29. The topological polar surface area (TPSA) is 24.1 Å². The third kappa shape index (κ3) is 1.98. The average Bonchev–Trinajstić information content (AvgIpc) is 2.46. The minimum atomic E-state index is 0.250. The van der Waals surface area contributed by atoms with E-state index in [1.54, 1.807) is 5.37 Å². The molecule has 3 heteroatoms. The van der Waals surface area contributed by atoms with Crippen LogP contribution in [0.1, 0.15) is 26.7 Å². The van der Waals surface area contributed by atoms with E-state index in [0.717, 1.165) is 0 Å². The van der Waals surface area contributed by atoms with Gasteiger partial charge in [-0.05, 0) is 12.8 Å². The van der Waals surface area contributed by atoms with Crippen LogP contribution in [0, 0.1) is 0 Å². The van der Waals surface area contributed by atoms with E-state index in [-0.39, 0.29) is 6.17 Å².